The fraction of sp³-hybridized carbons (Fsp3) is 0.409. The Kier molecular flexibility index (Phi) is 5.21. The molecule has 1 atom stereocenters. The van der Waals surface area contributed by atoms with Gasteiger partial charge in [0.15, 0.2) is 0 Å². The van der Waals surface area contributed by atoms with Crippen LogP contribution in [0.3, 0.4) is 0 Å². The molecule has 0 radical (unpaired) electrons. The van der Waals surface area contributed by atoms with Crippen molar-refractivity contribution in [2.24, 2.45) is 5.92 Å². The third-order valence-electron chi connectivity index (χ3n) is 5.48. The van der Waals surface area contributed by atoms with E-state index in [1.54, 1.807) is 0 Å². The summed E-state index contributed by atoms with van der Waals surface area (Å²) in [6.07, 6.45) is 2.71. The molecule has 0 aliphatic carbocycles. The molecule has 1 N–H and O–H groups in total. The Morgan fingerprint density at radius 3 is 2.54 bits per heavy atom. The number of hydrogen-bond donors (Lipinski definition) is 1. The first kappa shape index (κ1) is 17.1. The number of carbonyl (C=O) groups is 1. The van der Waals surface area contributed by atoms with Crippen molar-refractivity contribution in [2.45, 2.75) is 31.8 Å². The van der Waals surface area contributed by atoms with E-state index in [-0.39, 0.29) is 17.9 Å². The highest BCUT2D eigenvalue weighted by atomic mass is 16.5. The molecule has 26 heavy (non-hydrogen) atoms. The molecule has 0 saturated carbocycles. The number of hydrogen-bond acceptors (Lipinski definition) is 3. The average Bonchev–Trinajstić information content (AvgIpc) is 2.70. The molecule has 0 aromatic heterocycles. The number of nitrogens with one attached hydrogen (secondary N) is 1. The van der Waals surface area contributed by atoms with Crippen LogP contribution in [0.4, 0.5) is 0 Å². The van der Waals surface area contributed by atoms with E-state index in [4.69, 9.17) is 4.74 Å². The number of piperidine rings is 1. The Bertz CT molecular complexity index is 739. The molecular weight excluding hydrogens is 324 g/mol. The molecule has 2 aromatic carbocycles. The first-order chi connectivity index (χ1) is 12.8. The SMILES string of the molecule is O=C(N[C@@H]1CCOc2ccccc21)C1CCN(Cc2ccccc2)CC1. The van der Waals surface area contributed by atoms with E-state index >= 15 is 0 Å². The summed E-state index contributed by atoms with van der Waals surface area (Å²) in [4.78, 5) is 15.2. The molecule has 1 fully saturated rings. The van der Waals surface area contributed by atoms with Crippen molar-refractivity contribution < 1.29 is 9.53 Å². The average molecular weight is 350 g/mol. The number of carbonyl (C=O) groups excluding carboxylic acids is 1. The van der Waals surface area contributed by atoms with Crippen LogP contribution >= 0.6 is 0 Å². The lowest BCUT2D eigenvalue weighted by Gasteiger charge is -2.33. The van der Waals surface area contributed by atoms with E-state index in [0.717, 1.165) is 50.2 Å². The van der Waals surface area contributed by atoms with Gasteiger partial charge in [-0.15, -0.1) is 0 Å². The maximum Gasteiger partial charge on any atom is 0.223 e. The molecule has 4 rings (SSSR count). The molecule has 1 saturated heterocycles. The van der Waals surface area contributed by atoms with E-state index in [1.807, 2.05) is 18.2 Å². The first-order valence-corrected chi connectivity index (χ1v) is 9.58. The predicted octanol–water partition coefficient (Wildman–Crippen LogP) is 3.54. The van der Waals surface area contributed by atoms with Crippen LogP contribution in [0.5, 0.6) is 5.75 Å². The van der Waals surface area contributed by atoms with E-state index in [2.05, 4.69) is 46.6 Å². The van der Waals surface area contributed by atoms with Gasteiger partial charge < -0.3 is 10.1 Å². The number of ether oxygens (including phenoxy) is 1. The number of nitrogens with zero attached hydrogens (tertiary/aromatic N) is 1. The van der Waals surface area contributed by atoms with Crippen LogP contribution < -0.4 is 10.1 Å². The summed E-state index contributed by atoms with van der Waals surface area (Å²) in [5.74, 6) is 1.23. The van der Waals surface area contributed by atoms with Gasteiger partial charge in [-0.1, -0.05) is 48.5 Å². The maximum absolute atomic E-state index is 12.8. The highest BCUT2D eigenvalue weighted by Crippen LogP contribution is 2.32. The van der Waals surface area contributed by atoms with Crippen molar-refractivity contribution in [3.8, 4) is 5.75 Å². The quantitative estimate of drug-likeness (QED) is 0.917. The van der Waals surface area contributed by atoms with Gasteiger partial charge in [-0.2, -0.15) is 0 Å². The summed E-state index contributed by atoms with van der Waals surface area (Å²) in [6.45, 7) is 3.61. The Morgan fingerprint density at radius 2 is 1.73 bits per heavy atom. The van der Waals surface area contributed by atoms with E-state index in [1.165, 1.54) is 5.56 Å². The largest absolute Gasteiger partial charge is 0.493 e. The molecule has 2 heterocycles. The zero-order valence-corrected chi connectivity index (χ0v) is 15.1. The van der Waals surface area contributed by atoms with Crippen LogP contribution in [0.2, 0.25) is 0 Å². The Balaban J connectivity index is 1.30. The summed E-state index contributed by atoms with van der Waals surface area (Å²) in [6, 6.07) is 18.7. The normalized spacial score (nSPS) is 20.8. The van der Waals surface area contributed by atoms with Gasteiger partial charge in [0.05, 0.1) is 12.6 Å². The Labute approximate surface area is 155 Å². The highest BCUT2D eigenvalue weighted by Gasteiger charge is 2.28. The smallest absolute Gasteiger partial charge is 0.223 e. The standard InChI is InChI=1S/C22H26N2O2/c25-22(23-20-12-15-26-21-9-5-4-8-19(20)21)18-10-13-24(14-11-18)16-17-6-2-1-3-7-17/h1-9,18,20H,10-16H2,(H,23,25)/t20-/m1/s1. The van der Waals surface area contributed by atoms with Crippen molar-refractivity contribution in [3.05, 3.63) is 65.7 Å². The fourth-order valence-electron chi connectivity index (χ4n) is 3.98. The summed E-state index contributed by atoms with van der Waals surface area (Å²) >= 11 is 0. The Hall–Kier alpha value is -2.33. The van der Waals surface area contributed by atoms with Crippen LogP contribution in [0.25, 0.3) is 0 Å². The van der Waals surface area contributed by atoms with Crippen LogP contribution in [0.1, 0.15) is 36.4 Å². The predicted molar refractivity (Wildman–Crippen MR) is 102 cm³/mol. The number of benzene rings is 2. The monoisotopic (exact) mass is 350 g/mol. The molecular formula is C22H26N2O2. The molecule has 0 unspecified atom stereocenters. The van der Waals surface area contributed by atoms with Crippen LogP contribution in [-0.4, -0.2) is 30.5 Å². The summed E-state index contributed by atoms with van der Waals surface area (Å²) in [5.41, 5.74) is 2.45. The number of amides is 1. The first-order valence-electron chi connectivity index (χ1n) is 9.58. The van der Waals surface area contributed by atoms with Crippen molar-refractivity contribution >= 4 is 5.91 Å². The lowest BCUT2D eigenvalue weighted by molar-refractivity contribution is -0.127. The summed E-state index contributed by atoms with van der Waals surface area (Å²) in [7, 11) is 0. The molecule has 4 heteroatoms. The molecule has 136 valence electrons. The number of fused-ring (bicyclic) bond motifs is 1. The number of likely N-dealkylation sites (tertiary alicyclic amines) is 1. The second kappa shape index (κ2) is 7.92. The van der Waals surface area contributed by atoms with Gasteiger partial charge in [-0.05, 0) is 37.6 Å². The second-order valence-corrected chi connectivity index (χ2v) is 7.27. The minimum atomic E-state index is 0.0785. The van der Waals surface area contributed by atoms with Crippen LogP contribution in [0.15, 0.2) is 54.6 Å². The summed E-state index contributed by atoms with van der Waals surface area (Å²) < 4.78 is 5.69. The minimum Gasteiger partial charge on any atom is -0.493 e. The van der Waals surface area contributed by atoms with Gasteiger partial charge in [-0.25, -0.2) is 0 Å². The molecule has 1 amide bonds. The maximum atomic E-state index is 12.8. The number of rotatable bonds is 4. The van der Waals surface area contributed by atoms with Crippen LogP contribution in [0, 0.1) is 5.92 Å². The summed E-state index contributed by atoms with van der Waals surface area (Å²) in [5, 5.41) is 3.27. The Morgan fingerprint density at radius 1 is 1.00 bits per heavy atom. The van der Waals surface area contributed by atoms with Crippen molar-refractivity contribution in [2.75, 3.05) is 19.7 Å². The topological polar surface area (TPSA) is 41.6 Å². The van der Waals surface area contributed by atoms with E-state index in [0.29, 0.717) is 6.61 Å². The van der Waals surface area contributed by atoms with Gasteiger partial charge >= 0.3 is 0 Å². The van der Waals surface area contributed by atoms with Gasteiger partial charge in [0, 0.05) is 24.4 Å². The molecule has 0 bridgehead atoms. The van der Waals surface area contributed by atoms with E-state index in [9.17, 15) is 4.79 Å². The second-order valence-electron chi connectivity index (χ2n) is 7.27. The number of para-hydroxylation sites is 1. The third-order valence-corrected chi connectivity index (χ3v) is 5.48. The minimum absolute atomic E-state index is 0.0785. The lowest BCUT2D eigenvalue weighted by atomic mass is 9.93. The lowest BCUT2D eigenvalue weighted by Crippen LogP contribution is -2.42. The highest BCUT2D eigenvalue weighted by molar-refractivity contribution is 5.79. The van der Waals surface area contributed by atoms with Gasteiger partial charge in [0.25, 0.3) is 0 Å². The van der Waals surface area contributed by atoms with Crippen LogP contribution in [-0.2, 0) is 11.3 Å². The molecule has 2 aliphatic rings. The van der Waals surface area contributed by atoms with E-state index < -0.39 is 0 Å². The van der Waals surface area contributed by atoms with Crippen molar-refractivity contribution in [3.63, 3.8) is 0 Å². The van der Waals surface area contributed by atoms with Crippen molar-refractivity contribution in [1.82, 2.24) is 10.2 Å². The van der Waals surface area contributed by atoms with Gasteiger partial charge in [-0.3, -0.25) is 9.69 Å². The van der Waals surface area contributed by atoms with Gasteiger partial charge in [0.1, 0.15) is 5.75 Å². The molecule has 0 spiro atoms. The molecule has 4 nitrogen and oxygen atoms in total. The molecule has 2 aliphatic heterocycles. The van der Waals surface area contributed by atoms with Gasteiger partial charge in [0.2, 0.25) is 5.91 Å². The van der Waals surface area contributed by atoms with Crippen molar-refractivity contribution in [1.29, 1.82) is 0 Å². The third kappa shape index (κ3) is 3.91. The zero-order valence-electron chi connectivity index (χ0n) is 15.1. The molecule has 2 aromatic rings. The zero-order chi connectivity index (χ0) is 17.8. The fourth-order valence-corrected chi connectivity index (χ4v) is 3.98.